The molecule has 0 fully saturated rings. The number of pyridine rings is 1. The SMILES string of the molecule is CNCCCN(C)c1c(F)cc(N)c2cccnc12. The van der Waals surface area contributed by atoms with Crippen LogP contribution in [0.3, 0.4) is 0 Å². The predicted molar refractivity (Wildman–Crippen MR) is 77.9 cm³/mol. The molecule has 102 valence electrons. The Morgan fingerprint density at radius 3 is 3.00 bits per heavy atom. The Bertz CT molecular complexity index is 571. The zero-order chi connectivity index (χ0) is 13.8. The lowest BCUT2D eigenvalue weighted by Crippen LogP contribution is -2.23. The van der Waals surface area contributed by atoms with E-state index in [1.807, 2.05) is 25.1 Å². The molecule has 19 heavy (non-hydrogen) atoms. The number of anilines is 2. The molecular weight excluding hydrogens is 243 g/mol. The number of hydrogen-bond donors (Lipinski definition) is 2. The molecule has 4 nitrogen and oxygen atoms in total. The quantitative estimate of drug-likeness (QED) is 0.639. The highest BCUT2D eigenvalue weighted by atomic mass is 19.1. The molecule has 0 spiro atoms. The average molecular weight is 262 g/mol. The van der Waals surface area contributed by atoms with Gasteiger partial charge in [0.25, 0.3) is 0 Å². The van der Waals surface area contributed by atoms with Gasteiger partial charge in [0.05, 0.1) is 11.2 Å². The Hall–Kier alpha value is -1.88. The number of aromatic nitrogens is 1. The largest absolute Gasteiger partial charge is 0.398 e. The summed E-state index contributed by atoms with van der Waals surface area (Å²) in [6, 6.07) is 5.04. The molecule has 0 bridgehead atoms. The number of benzene rings is 1. The van der Waals surface area contributed by atoms with Crippen molar-refractivity contribution in [2.24, 2.45) is 0 Å². The third kappa shape index (κ3) is 2.76. The van der Waals surface area contributed by atoms with Crippen molar-refractivity contribution in [2.75, 3.05) is 37.8 Å². The van der Waals surface area contributed by atoms with E-state index < -0.39 is 0 Å². The van der Waals surface area contributed by atoms with E-state index in [9.17, 15) is 4.39 Å². The lowest BCUT2D eigenvalue weighted by molar-refractivity contribution is 0.620. The summed E-state index contributed by atoms with van der Waals surface area (Å²) < 4.78 is 14.2. The van der Waals surface area contributed by atoms with Crippen LogP contribution < -0.4 is 16.0 Å². The molecule has 1 heterocycles. The summed E-state index contributed by atoms with van der Waals surface area (Å²) in [5, 5.41) is 3.87. The molecule has 0 radical (unpaired) electrons. The molecule has 0 atom stereocenters. The van der Waals surface area contributed by atoms with Crippen LogP contribution in [0.4, 0.5) is 15.8 Å². The van der Waals surface area contributed by atoms with Crippen LogP contribution in [0.1, 0.15) is 6.42 Å². The molecule has 1 aromatic heterocycles. The molecule has 0 saturated heterocycles. The van der Waals surface area contributed by atoms with Crippen molar-refractivity contribution in [3.8, 4) is 0 Å². The maximum atomic E-state index is 14.2. The smallest absolute Gasteiger partial charge is 0.150 e. The normalized spacial score (nSPS) is 10.9. The minimum absolute atomic E-state index is 0.323. The lowest BCUT2D eigenvalue weighted by atomic mass is 10.1. The molecule has 2 aromatic rings. The van der Waals surface area contributed by atoms with Gasteiger partial charge in [-0.05, 0) is 38.2 Å². The summed E-state index contributed by atoms with van der Waals surface area (Å²) in [4.78, 5) is 6.17. The fourth-order valence-electron chi connectivity index (χ4n) is 2.19. The van der Waals surface area contributed by atoms with Crippen LogP contribution in [0.15, 0.2) is 24.4 Å². The number of halogens is 1. The third-order valence-corrected chi connectivity index (χ3v) is 3.15. The number of nitrogens with two attached hydrogens (primary N) is 1. The molecule has 0 aliphatic heterocycles. The number of fused-ring (bicyclic) bond motifs is 1. The van der Waals surface area contributed by atoms with Crippen LogP contribution in [-0.4, -0.2) is 32.2 Å². The van der Waals surface area contributed by atoms with Gasteiger partial charge < -0.3 is 16.0 Å². The first-order valence-corrected chi connectivity index (χ1v) is 6.33. The van der Waals surface area contributed by atoms with Crippen molar-refractivity contribution in [3.63, 3.8) is 0 Å². The second kappa shape index (κ2) is 5.84. The number of nitrogens with zero attached hydrogens (tertiary/aromatic N) is 2. The van der Waals surface area contributed by atoms with Gasteiger partial charge in [0, 0.05) is 30.9 Å². The Morgan fingerprint density at radius 1 is 1.47 bits per heavy atom. The van der Waals surface area contributed by atoms with Crippen molar-refractivity contribution < 1.29 is 4.39 Å². The topological polar surface area (TPSA) is 54.2 Å². The van der Waals surface area contributed by atoms with E-state index in [0.717, 1.165) is 24.9 Å². The Balaban J connectivity index is 2.41. The highest BCUT2D eigenvalue weighted by molar-refractivity contribution is 5.98. The van der Waals surface area contributed by atoms with Gasteiger partial charge in [-0.3, -0.25) is 4.98 Å². The van der Waals surface area contributed by atoms with E-state index in [0.29, 0.717) is 16.9 Å². The molecule has 0 aliphatic rings. The zero-order valence-corrected chi connectivity index (χ0v) is 11.3. The monoisotopic (exact) mass is 262 g/mol. The van der Waals surface area contributed by atoms with Crippen LogP contribution in [0.2, 0.25) is 0 Å². The second-order valence-corrected chi connectivity index (χ2v) is 4.57. The van der Waals surface area contributed by atoms with E-state index in [2.05, 4.69) is 10.3 Å². The number of nitrogens with one attached hydrogen (secondary N) is 1. The highest BCUT2D eigenvalue weighted by Gasteiger charge is 2.15. The van der Waals surface area contributed by atoms with Gasteiger partial charge in [-0.2, -0.15) is 0 Å². The minimum Gasteiger partial charge on any atom is -0.398 e. The van der Waals surface area contributed by atoms with E-state index >= 15 is 0 Å². The van der Waals surface area contributed by atoms with Crippen LogP contribution in [-0.2, 0) is 0 Å². The summed E-state index contributed by atoms with van der Waals surface area (Å²) in [5.74, 6) is -0.323. The third-order valence-electron chi connectivity index (χ3n) is 3.15. The Labute approximate surface area is 112 Å². The average Bonchev–Trinajstić information content (AvgIpc) is 2.39. The molecule has 0 saturated carbocycles. The molecular formula is C14H19FN4. The van der Waals surface area contributed by atoms with Crippen molar-refractivity contribution >= 4 is 22.3 Å². The number of hydrogen-bond acceptors (Lipinski definition) is 4. The van der Waals surface area contributed by atoms with E-state index in [1.54, 1.807) is 12.3 Å². The first-order valence-electron chi connectivity index (χ1n) is 6.33. The van der Waals surface area contributed by atoms with Crippen LogP contribution in [0.25, 0.3) is 10.9 Å². The van der Waals surface area contributed by atoms with Gasteiger partial charge in [0.2, 0.25) is 0 Å². The molecule has 0 aliphatic carbocycles. The van der Waals surface area contributed by atoms with E-state index in [4.69, 9.17) is 5.73 Å². The lowest BCUT2D eigenvalue weighted by Gasteiger charge is -2.21. The van der Waals surface area contributed by atoms with Crippen LogP contribution in [0, 0.1) is 5.82 Å². The van der Waals surface area contributed by atoms with Crippen LogP contribution >= 0.6 is 0 Å². The first-order chi connectivity index (χ1) is 9.15. The van der Waals surface area contributed by atoms with Gasteiger partial charge in [-0.1, -0.05) is 0 Å². The van der Waals surface area contributed by atoms with Gasteiger partial charge in [0.15, 0.2) is 5.82 Å². The van der Waals surface area contributed by atoms with Gasteiger partial charge in [-0.25, -0.2) is 4.39 Å². The molecule has 0 amide bonds. The predicted octanol–water partition coefficient (Wildman–Crippen LogP) is 2.00. The van der Waals surface area contributed by atoms with Crippen molar-refractivity contribution in [2.45, 2.75) is 6.42 Å². The van der Waals surface area contributed by atoms with Crippen molar-refractivity contribution in [1.82, 2.24) is 10.3 Å². The van der Waals surface area contributed by atoms with E-state index in [1.165, 1.54) is 6.07 Å². The van der Waals surface area contributed by atoms with E-state index in [-0.39, 0.29) is 5.82 Å². The molecule has 5 heteroatoms. The zero-order valence-electron chi connectivity index (χ0n) is 11.3. The molecule has 3 N–H and O–H groups in total. The molecule has 2 rings (SSSR count). The molecule has 1 aromatic carbocycles. The Morgan fingerprint density at radius 2 is 2.26 bits per heavy atom. The van der Waals surface area contributed by atoms with Crippen molar-refractivity contribution in [3.05, 3.63) is 30.2 Å². The molecule has 0 unspecified atom stereocenters. The van der Waals surface area contributed by atoms with Gasteiger partial charge in [-0.15, -0.1) is 0 Å². The number of rotatable bonds is 5. The number of nitrogen functional groups attached to an aromatic ring is 1. The summed E-state index contributed by atoms with van der Waals surface area (Å²) in [6.07, 6.45) is 2.59. The fraction of sp³-hybridized carbons (Fsp3) is 0.357. The first kappa shape index (κ1) is 13.5. The maximum absolute atomic E-state index is 14.2. The maximum Gasteiger partial charge on any atom is 0.150 e. The van der Waals surface area contributed by atoms with Gasteiger partial charge >= 0.3 is 0 Å². The van der Waals surface area contributed by atoms with Crippen LogP contribution in [0.5, 0.6) is 0 Å². The standard InChI is InChI=1S/C14H19FN4/c1-17-6-4-8-19(2)14-11(15)9-12(16)10-5-3-7-18-13(10)14/h3,5,7,9,17H,4,6,8,16H2,1-2H3. The summed E-state index contributed by atoms with van der Waals surface area (Å²) in [5.41, 5.74) is 7.40. The summed E-state index contributed by atoms with van der Waals surface area (Å²) in [7, 11) is 3.78. The fourth-order valence-corrected chi connectivity index (χ4v) is 2.19. The second-order valence-electron chi connectivity index (χ2n) is 4.57. The minimum atomic E-state index is -0.323. The highest BCUT2D eigenvalue weighted by Crippen LogP contribution is 2.31. The van der Waals surface area contributed by atoms with Crippen molar-refractivity contribution in [1.29, 1.82) is 0 Å². The summed E-state index contributed by atoms with van der Waals surface area (Å²) in [6.45, 7) is 1.65. The van der Waals surface area contributed by atoms with Gasteiger partial charge in [0.1, 0.15) is 0 Å². The summed E-state index contributed by atoms with van der Waals surface area (Å²) >= 11 is 0. The Kier molecular flexibility index (Phi) is 4.16.